The molecule has 0 aromatic rings. The molecule has 1 aliphatic rings. The number of carbonyl (C=O) groups is 1. The predicted octanol–water partition coefficient (Wildman–Crippen LogP) is 1.33. The second-order valence-electron chi connectivity index (χ2n) is 3.31. The van der Waals surface area contributed by atoms with Crippen molar-refractivity contribution in [3.05, 3.63) is 12.7 Å². The van der Waals surface area contributed by atoms with Gasteiger partial charge < -0.3 is 5.32 Å². The molecule has 0 radical (unpaired) electrons. The monoisotopic (exact) mass is 210 g/mol. The molecule has 3 nitrogen and oxygen atoms in total. The van der Waals surface area contributed by atoms with Gasteiger partial charge in [-0.1, -0.05) is 6.08 Å². The van der Waals surface area contributed by atoms with Crippen LogP contribution in [0.4, 0.5) is 0 Å². The van der Waals surface area contributed by atoms with Gasteiger partial charge in [0.1, 0.15) is 5.41 Å². The predicted molar refractivity (Wildman–Crippen MR) is 57.8 cm³/mol. The molecule has 1 rings (SSSR count). The first-order valence-electron chi connectivity index (χ1n) is 4.63. The van der Waals surface area contributed by atoms with E-state index in [2.05, 4.69) is 18.0 Å². The van der Waals surface area contributed by atoms with E-state index in [1.807, 2.05) is 6.08 Å². The lowest BCUT2D eigenvalue weighted by Crippen LogP contribution is -2.32. The summed E-state index contributed by atoms with van der Waals surface area (Å²) >= 11 is 1.72. The first-order chi connectivity index (χ1) is 6.75. The van der Waals surface area contributed by atoms with Crippen molar-refractivity contribution in [2.75, 3.05) is 18.1 Å². The summed E-state index contributed by atoms with van der Waals surface area (Å²) in [5, 5.41) is 11.5. The molecule has 1 aliphatic carbocycles. The van der Waals surface area contributed by atoms with E-state index < -0.39 is 5.41 Å². The molecule has 0 aromatic carbocycles. The highest BCUT2D eigenvalue weighted by molar-refractivity contribution is 7.99. The summed E-state index contributed by atoms with van der Waals surface area (Å²) in [4.78, 5) is 11.4. The minimum absolute atomic E-state index is 0.0980. The summed E-state index contributed by atoms with van der Waals surface area (Å²) in [7, 11) is 0. The summed E-state index contributed by atoms with van der Waals surface area (Å²) in [6.07, 6.45) is 3.27. The number of rotatable bonds is 6. The Hall–Kier alpha value is -0.950. The van der Waals surface area contributed by atoms with Gasteiger partial charge in [0.05, 0.1) is 6.07 Å². The minimum atomic E-state index is -0.677. The van der Waals surface area contributed by atoms with Crippen LogP contribution in [0.3, 0.4) is 0 Å². The molecule has 0 unspecified atom stereocenters. The van der Waals surface area contributed by atoms with Crippen LogP contribution < -0.4 is 5.32 Å². The minimum Gasteiger partial charge on any atom is -0.354 e. The van der Waals surface area contributed by atoms with E-state index in [4.69, 9.17) is 5.26 Å². The fourth-order valence-corrected chi connectivity index (χ4v) is 1.67. The highest BCUT2D eigenvalue weighted by Crippen LogP contribution is 2.44. The number of hydrogen-bond acceptors (Lipinski definition) is 3. The molecule has 76 valence electrons. The fraction of sp³-hybridized carbons (Fsp3) is 0.600. The van der Waals surface area contributed by atoms with Crippen LogP contribution in [-0.4, -0.2) is 24.0 Å². The Balaban J connectivity index is 2.11. The third-order valence-corrected chi connectivity index (χ3v) is 3.13. The first kappa shape index (κ1) is 11.1. The average molecular weight is 210 g/mol. The standard InChI is InChI=1S/C10H14N2OS/c1-2-6-14-7-5-12-9(13)10(8-11)3-4-10/h2H,1,3-7H2,(H,12,13). The van der Waals surface area contributed by atoms with Crippen molar-refractivity contribution in [2.45, 2.75) is 12.8 Å². The molecule has 0 saturated heterocycles. The second kappa shape index (κ2) is 5.06. The van der Waals surface area contributed by atoms with Crippen LogP contribution in [0, 0.1) is 16.7 Å². The lowest BCUT2D eigenvalue weighted by molar-refractivity contribution is -0.124. The largest absolute Gasteiger partial charge is 0.354 e. The lowest BCUT2D eigenvalue weighted by atomic mass is 10.1. The molecule has 1 N–H and O–H groups in total. The van der Waals surface area contributed by atoms with Crippen LogP contribution in [0.2, 0.25) is 0 Å². The number of nitriles is 1. The van der Waals surface area contributed by atoms with Crippen molar-refractivity contribution in [1.29, 1.82) is 5.26 Å². The second-order valence-corrected chi connectivity index (χ2v) is 4.46. The molecule has 0 atom stereocenters. The van der Waals surface area contributed by atoms with Crippen LogP contribution in [0.25, 0.3) is 0 Å². The van der Waals surface area contributed by atoms with Crippen LogP contribution in [0.5, 0.6) is 0 Å². The molecule has 0 bridgehead atoms. The van der Waals surface area contributed by atoms with E-state index >= 15 is 0 Å². The van der Waals surface area contributed by atoms with Crippen LogP contribution in [-0.2, 0) is 4.79 Å². The summed E-state index contributed by atoms with van der Waals surface area (Å²) < 4.78 is 0. The van der Waals surface area contributed by atoms with Gasteiger partial charge in [0.2, 0.25) is 5.91 Å². The maximum absolute atomic E-state index is 11.4. The Morgan fingerprint density at radius 1 is 1.71 bits per heavy atom. The Morgan fingerprint density at radius 3 is 2.93 bits per heavy atom. The topological polar surface area (TPSA) is 52.9 Å². The van der Waals surface area contributed by atoms with E-state index in [0.717, 1.165) is 24.3 Å². The van der Waals surface area contributed by atoms with E-state index in [1.165, 1.54) is 0 Å². The summed E-state index contributed by atoms with van der Waals surface area (Å²) in [6.45, 7) is 4.24. The van der Waals surface area contributed by atoms with Gasteiger partial charge in [0.25, 0.3) is 0 Å². The van der Waals surface area contributed by atoms with Crippen molar-refractivity contribution < 1.29 is 4.79 Å². The van der Waals surface area contributed by atoms with E-state index in [-0.39, 0.29) is 5.91 Å². The fourth-order valence-electron chi connectivity index (χ4n) is 1.09. The Morgan fingerprint density at radius 2 is 2.43 bits per heavy atom. The van der Waals surface area contributed by atoms with Crippen molar-refractivity contribution in [2.24, 2.45) is 5.41 Å². The zero-order valence-electron chi connectivity index (χ0n) is 8.08. The quantitative estimate of drug-likeness (QED) is 0.531. The number of nitrogens with zero attached hydrogens (tertiary/aromatic N) is 1. The van der Waals surface area contributed by atoms with Gasteiger partial charge in [0.15, 0.2) is 0 Å². The first-order valence-corrected chi connectivity index (χ1v) is 5.79. The van der Waals surface area contributed by atoms with Gasteiger partial charge in [-0.2, -0.15) is 17.0 Å². The van der Waals surface area contributed by atoms with E-state index in [9.17, 15) is 4.79 Å². The van der Waals surface area contributed by atoms with Gasteiger partial charge in [-0.3, -0.25) is 4.79 Å². The van der Waals surface area contributed by atoms with Crippen molar-refractivity contribution >= 4 is 17.7 Å². The Kier molecular flexibility index (Phi) is 4.02. The van der Waals surface area contributed by atoms with Crippen LogP contribution in [0.1, 0.15) is 12.8 Å². The highest BCUT2D eigenvalue weighted by Gasteiger charge is 2.50. The molecule has 1 amide bonds. The van der Waals surface area contributed by atoms with Gasteiger partial charge in [-0.25, -0.2) is 0 Å². The molecular formula is C10H14N2OS. The highest BCUT2D eigenvalue weighted by atomic mass is 32.2. The number of carbonyl (C=O) groups excluding carboxylic acids is 1. The Labute approximate surface area is 88.6 Å². The van der Waals surface area contributed by atoms with Crippen molar-refractivity contribution in [3.8, 4) is 6.07 Å². The van der Waals surface area contributed by atoms with Crippen molar-refractivity contribution in [3.63, 3.8) is 0 Å². The molecular weight excluding hydrogens is 196 g/mol. The average Bonchev–Trinajstić information content (AvgIpc) is 2.98. The van der Waals surface area contributed by atoms with Crippen LogP contribution >= 0.6 is 11.8 Å². The molecule has 1 saturated carbocycles. The number of thioether (sulfide) groups is 1. The Bertz CT molecular complexity index is 266. The number of amides is 1. The summed E-state index contributed by atoms with van der Waals surface area (Å²) in [5.41, 5.74) is -0.677. The van der Waals surface area contributed by atoms with Crippen LogP contribution in [0.15, 0.2) is 12.7 Å². The van der Waals surface area contributed by atoms with Gasteiger partial charge in [-0.05, 0) is 12.8 Å². The molecule has 0 spiro atoms. The van der Waals surface area contributed by atoms with Gasteiger partial charge >= 0.3 is 0 Å². The third-order valence-electron chi connectivity index (χ3n) is 2.17. The molecule has 0 aliphatic heterocycles. The maximum atomic E-state index is 11.4. The smallest absolute Gasteiger partial charge is 0.240 e. The lowest BCUT2D eigenvalue weighted by Gasteiger charge is -2.06. The zero-order chi connectivity index (χ0) is 10.4. The third kappa shape index (κ3) is 2.78. The van der Waals surface area contributed by atoms with E-state index in [0.29, 0.717) is 6.54 Å². The molecule has 1 fully saturated rings. The SMILES string of the molecule is C=CCSCCNC(=O)C1(C#N)CC1. The molecule has 0 aromatic heterocycles. The molecule has 14 heavy (non-hydrogen) atoms. The normalized spacial score (nSPS) is 16.8. The molecule has 0 heterocycles. The zero-order valence-corrected chi connectivity index (χ0v) is 8.90. The number of nitrogens with one attached hydrogen (secondary N) is 1. The van der Waals surface area contributed by atoms with E-state index in [1.54, 1.807) is 11.8 Å². The van der Waals surface area contributed by atoms with Gasteiger partial charge in [-0.15, -0.1) is 6.58 Å². The molecule has 4 heteroatoms. The van der Waals surface area contributed by atoms with Crippen molar-refractivity contribution in [1.82, 2.24) is 5.32 Å². The summed E-state index contributed by atoms with van der Waals surface area (Å²) in [5.74, 6) is 1.68. The number of hydrogen-bond donors (Lipinski definition) is 1. The maximum Gasteiger partial charge on any atom is 0.240 e. The summed E-state index contributed by atoms with van der Waals surface area (Å²) in [6, 6.07) is 2.07. The van der Waals surface area contributed by atoms with Gasteiger partial charge in [0, 0.05) is 18.1 Å².